The second-order valence-electron chi connectivity index (χ2n) is 4.01. The highest BCUT2D eigenvalue weighted by Gasteiger charge is 2.18. The lowest BCUT2D eigenvalue weighted by Gasteiger charge is -2.05. The van der Waals surface area contributed by atoms with Gasteiger partial charge in [-0.3, -0.25) is 0 Å². The first-order valence-electron chi connectivity index (χ1n) is 5.75. The Bertz CT molecular complexity index is 659. The van der Waals surface area contributed by atoms with E-state index in [-0.39, 0.29) is 5.25 Å². The third-order valence-electron chi connectivity index (χ3n) is 2.59. The predicted molar refractivity (Wildman–Crippen MR) is 75.1 cm³/mol. The van der Waals surface area contributed by atoms with E-state index in [1.165, 1.54) is 0 Å². The van der Waals surface area contributed by atoms with Gasteiger partial charge in [-0.05, 0) is 18.4 Å². The molecule has 0 bridgehead atoms. The third kappa shape index (κ3) is 2.57. The first-order valence-corrected chi connectivity index (χ1v) is 7.51. The Kier molecular flexibility index (Phi) is 3.39. The maximum absolute atomic E-state index is 5.33. The van der Waals surface area contributed by atoms with Gasteiger partial charge in [0.1, 0.15) is 0 Å². The summed E-state index contributed by atoms with van der Waals surface area (Å²) >= 11 is 3.20. The van der Waals surface area contributed by atoms with Crippen molar-refractivity contribution < 1.29 is 4.52 Å². The van der Waals surface area contributed by atoms with Crippen LogP contribution in [-0.4, -0.2) is 19.7 Å². The van der Waals surface area contributed by atoms with Gasteiger partial charge in [0, 0.05) is 19.4 Å². The summed E-state index contributed by atoms with van der Waals surface area (Å²) in [5.74, 6) is 1.27. The fraction of sp³-hybridized carbons (Fsp3) is 0.250. The fourth-order valence-corrected chi connectivity index (χ4v) is 3.09. The molecule has 3 heterocycles. The smallest absolute Gasteiger partial charge is 0.240 e. The lowest BCUT2D eigenvalue weighted by molar-refractivity contribution is 0.380. The number of imidazole rings is 1. The molecule has 5 nitrogen and oxygen atoms in total. The van der Waals surface area contributed by atoms with Crippen LogP contribution >= 0.6 is 23.1 Å². The van der Waals surface area contributed by atoms with Crippen LogP contribution in [0.2, 0.25) is 0 Å². The molecule has 0 radical (unpaired) electrons. The molecule has 0 unspecified atom stereocenters. The third-order valence-corrected chi connectivity index (χ3v) is 4.62. The molecule has 3 aromatic heterocycles. The van der Waals surface area contributed by atoms with E-state index in [1.807, 2.05) is 42.2 Å². The monoisotopic (exact) mass is 292 g/mol. The van der Waals surface area contributed by atoms with Crippen LogP contribution in [0, 0.1) is 0 Å². The minimum atomic E-state index is 0.0716. The zero-order valence-corrected chi connectivity index (χ0v) is 12.1. The summed E-state index contributed by atoms with van der Waals surface area (Å²) in [4.78, 5) is 9.73. The molecule has 0 fully saturated rings. The second-order valence-corrected chi connectivity index (χ2v) is 6.27. The van der Waals surface area contributed by atoms with E-state index < -0.39 is 0 Å². The highest BCUT2D eigenvalue weighted by Crippen LogP contribution is 2.33. The number of aromatic nitrogens is 4. The first-order chi connectivity index (χ1) is 9.24. The average Bonchev–Trinajstić information content (AvgIpc) is 3.09. The van der Waals surface area contributed by atoms with Gasteiger partial charge in [0.2, 0.25) is 11.7 Å². The summed E-state index contributed by atoms with van der Waals surface area (Å²) in [5.41, 5.74) is 0. The van der Waals surface area contributed by atoms with E-state index in [0.29, 0.717) is 11.7 Å². The molecule has 0 aliphatic heterocycles. The predicted octanol–water partition coefficient (Wildman–Crippen LogP) is 3.38. The minimum absolute atomic E-state index is 0.0716. The van der Waals surface area contributed by atoms with Crippen LogP contribution in [0.4, 0.5) is 0 Å². The van der Waals surface area contributed by atoms with Gasteiger partial charge in [-0.15, -0.1) is 11.3 Å². The largest absolute Gasteiger partial charge is 0.338 e. The quantitative estimate of drug-likeness (QED) is 0.690. The molecular formula is C12H12N4OS2. The Hall–Kier alpha value is -1.60. The zero-order valence-electron chi connectivity index (χ0n) is 10.5. The zero-order chi connectivity index (χ0) is 13.2. The summed E-state index contributed by atoms with van der Waals surface area (Å²) in [6.07, 6.45) is 3.69. The van der Waals surface area contributed by atoms with Crippen LogP contribution in [0.5, 0.6) is 0 Å². The van der Waals surface area contributed by atoms with Crippen molar-refractivity contribution in [1.29, 1.82) is 0 Å². The Morgan fingerprint density at radius 2 is 2.37 bits per heavy atom. The maximum atomic E-state index is 5.33. The van der Waals surface area contributed by atoms with Crippen LogP contribution in [0.25, 0.3) is 10.7 Å². The number of aryl methyl sites for hydroxylation is 1. The molecule has 0 aliphatic rings. The lowest BCUT2D eigenvalue weighted by Crippen LogP contribution is -1.94. The molecule has 0 N–H and O–H groups in total. The van der Waals surface area contributed by atoms with E-state index in [0.717, 1.165) is 10.0 Å². The summed E-state index contributed by atoms with van der Waals surface area (Å²) in [6.45, 7) is 2.03. The number of rotatable bonds is 4. The number of thioether (sulfide) groups is 1. The van der Waals surface area contributed by atoms with E-state index in [1.54, 1.807) is 29.3 Å². The van der Waals surface area contributed by atoms with Crippen molar-refractivity contribution in [3.8, 4) is 10.7 Å². The molecule has 19 heavy (non-hydrogen) atoms. The van der Waals surface area contributed by atoms with Gasteiger partial charge in [-0.25, -0.2) is 4.98 Å². The summed E-state index contributed by atoms with van der Waals surface area (Å²) in [6, 6.07) is 3.96. The van der Waals surface area contributed by atoms with Crippen molar-refractivity contribution in [2.24, 2.45) is 7.05 Å². The molecule has 7 heteroatoms. The van der Waals surface area contributed by atoms with Gasteiger partial charge >= 0.3 is 0 Å². The summed E-state index contributed by atoms with van der Waals surface area (Å²) in [7, 11) is 1.97. The van der Waals surface area contributed by atoms with Gasteiger partial charge in [-0.1, -0.05) is 23.0 Å². The Balaban J connectivity index is 1.77. The molecule has 0 aromatic carbocycles. The van der Waals surface area contributed by atoms with E-state index >= 15 is 0 Å². The molecule has 0 saturated carbocycles. The van der Waals surface area contributed by atoms with Gasteiger partial charge in [0.25, 0.3) is 0 Å². The van der Waals surface area contributed by atoms with E-state index in [2.05, 4.69) is 15.1 Å². The van der Waals surface area contributed by atoms with Gasteiger partial charge in [0.05, 0.1) is 10.1 Å². The van der Waals surface area contributed by atoms with Crippen molar-refractivity contribution in [1.82, 2.24) is 19.7 Å². The van der Waals surface area contributed by atoms with Crippen LogP contribution in [0.15, 0.2) is 39.6 Å². The van der Waals surface area contributed by atoms with Crippen LogP contribution in [0.3, 0.4) is 0 Å². The molecular weight excluding hydrogens is 280 g/mol. The van der Waals surface area contributed by atoms with E-state index in [4.69, 9.17) is 4.52 Å². The fourth-order valence-electron chi connectivity index (χ4n) is 1.58. The lowest BCUT2D eigenvalue weighted by atomic mass is 10.4. The Morgan fingerprint density at radius 1 is 1.47 bits per heavy atom. The standard InChI is InChI=1S/C12H12N4OS2/c1-8(19-12-13-5-6-16(12)2)11-14-10(15-17-11)9-4-3-7-18-9/h3-8H,1-2H3/t8-/m0/s1. The van der Waals surface area contributed by atoms with E-state index in [9.17, 15) is 0 Å². The molecule has 3 aromatic rings. The molecule has 3 rings (SSSR count). The topological polar surface area (TPSA) is 56.7 Å². The van der Waals surface area contributed by atoms with Crippen molar-refractivity contribution in [3.63, 3.8) is 0 Å². The van der Waals surface area contributed by atoms with Gasteiger partial charge in [0.15, 0.2) is 5.16 Å². The minimum Gasteiger partial charge on any atom is -0.338 e. The van der Waals surface area contributed by atoms with Crippen LogP contribution in [-0.2, 0) is 7.05 Å². The molecule has 0 saturated heterocycles. The van der Waals surface area contributed by atoms with Gasteiger partial charge < -0.3 is 9.09 Å². The van der Waals surface area contributed by atoms with Crippen LogP contribution in [0.1, 0.15) is 18.1 Å². The molecule has 0 aliphatic carbocycles. The number of hydrogen-bond donors (Lipinski definition) is 0. The van der Waals surface area contributed by atoms with Crippen molar-refractivity contribution in [2.45, 2.75) is 17.3 Å². The van der Waals surface area contributed by atoms with Gasteiger partial charge in [-0.2, -0.15) is 4.98 Å². The maximum Gasteiger partial charge on any atom is 0.240 e. The number of thiophene rings is 1. The van der Waals surface area contributed by atoms with Crippen molar-refractivity contribution >= 4 is 23.1 Å². The van der Waals surface area contributed by atoms with Crippen LogP contribution < -0.4 is 0 Å². The number of hydrogen-bond acceptors (Lipinski definition) is 6. The number of nitrogens with zero attached hydrogens (tertiary/aromatic N) is 4. The summed E-state index contributed by atoms with van der Waals surface area (Å²) in [5, 5.41) is 7.02. The molecule has 98 valence electrons. The van der Waals surface area contributed by atoms with Crippen molar-refractivity contribution in [3.05, 3.63) is 35.8 Å². The SMILES string of the molecule is C[C@H](Sc1nccn1C)c1nc(-c2cccs2)no1. The molecule has 0 amide bonds. The highest BCUT2D eigenvalue weighted by molar-refractivity contribution is 7.99. The molecule has 0 spiro atoms. The Morgan fingerprint density at radius 3 is 3.05 bits per heavy atom. The average molecular weight is 292 g/mol. The first kappa shape index (κ1) is 12.4. The normalized spacial score (nSPS) is 12.7. The Labute approximate surface area is 118 Å². The highest BCUT2D eigenvalue weighted by atomic mass is 32.2. The molecule has 1 atom stereocenters. The second kappa shape index (κ2) is 5.18. The summed E-state index contributed by atoms with van der Waals surface area (Å²) < 4.78 is 7.30. The van der Waals surface area contributed by atoms with Crippen molar-refractivity contribution in [2.75, 3.05) is 0 Å².